The molecule has 1 heterocycles. The molecule has 1 rings (SSSR count). The summed E-state index contributed by atoms with van der Waals surface area (Å²) in [5.41, 5.74) is -0.534. The number of carbonyl (C=O) groups is 3. The lowest BCUT2D eigenvalue weighted by atomic mass is 9.89. The largest absolute Gasteiger partial charge is 0.516 e. The van der Waals surface area contributed by atoms with Gasteiger partial charge in [0, 0.05) is 19.0 Å². The summed E-state index contributed by atoms with van der Waals surface area (Å²) in [6.45, 7) is 12.0. The zero-order valence-electron chi connectivity index (χ0n) is 16.2. The van der Waals surface area contributed by atoms with E-state index in [-0.39, 0.29) is 37.0 Å². The average Bonchev–Trinajstić information content (AvgIpc) is 2.43. The Hall–Kier alpha value is -1.79. The zero-order valence-corrected chi connectivity index (χ0v) is 16.2. The first-order valence-corrected chi connectivity index (χ1v) is 8.85. The SMILES string of the molecule is CC(C)COC(=O)OC(=O)CC1CCN(C(=O)OC(C)(C)C)C(C)C1. The summed E-state index contributed by atoms with van der Waals surface area (Å²) in [6.07, 6.45) is 0.189. The molecule has 0 aliphatic carbocycles. The third kappa shape index (κ3) is 8.23. The second-order valence-corrected chi connectivity index (χ2v) is 8.05. The molecule has 0 aromatic rings. The predicted molar refractivity (Wildman–Crippen MR) is 92.0 cm³/mol. The summed E-state index contributed by atoms with van der Waals surface area (Å²) in [4.78, 5) is 37.1. The monoisotopic (exact) mass is 357 g/mol. The maximum atomic E-state index is 12.2. The highest BCUT2D eigenvalue weighted by Crippen LogP contribution is 2.27. The number of piperidine rings is 1. The molecule has 1 saturated heterocycles. The van der Waals surface area contributed by atoms with E-state index < -0.39 is 17.7 Å². The van der Waals surface area contributed by atoms with Gasteiger partial charge in [-0.1, -0.05) is 13.8 Å². The van der Waals surface area contributed by atoms with Crippen LogP contribution < -0.4 is 0 Å². The zero-order chi connectivity index (χ0) is 19.2. The van der Waals surface area contributed by atoms with E-state index in [2.05, 4.69) is 4.74 Å². The molecule has 2 atom stereocenters. The van der Waals surface area contributed by atoms with E-state index in [1.54, 1.807) is 4.90 Å². The van der Waals surface area contributed by atoms with Crippen molar-refractivity contribution < 1.29 is 28.6 Å². The first-order chi connectivity index (χ1) is 11.5. The number of amides is 1. The fourth-order valence-electron chi connectivity index (χ4n) is 2.68. The molecule has 0 saturated carbocycles. The molecule has 2 unspecified atom stereocenters. The summed E-state index contributed by atoms with van der Waals surface area (Å²) in [6, 6.07) is -0.0331. The molecule has 1 aliphatic heterocycles. The van der Waals surface area contributed by atoms with Crippen molar-refractivity contribution in [2.24, 2.45) is 11.8 Å². The Morgan fingerprint density at radius 1 is 1.20 bits per heavy atom. The number of hydrogen-bond acceptors (Lipinski definition) is 6. The summed E-state index contributed by atoms with van der Waals surface area (Å²) >= 11 is 0. The van der Waals surface area contributed by atoms with Crippen molar-refractivity contribution >= 4 is 18.2 Å². The molecule has 1 aliphatic rings. The molecule has 0 N–H and O–H groups in total. The highest BCUT2D eigenvalue weighted by atomic mass is 16.7. The van der Waals surface area contributed by atoms with Crippen LogP contribution in [-0.2, 0) is 19.0 Å². The van der Waals surface area contributed by atoms with Crippen LogP contribution >= 0.6 is 0 Å². The quantitative estimate of drug-likeness (QED) is 0.563. The summed E-state index contributed by atoms with van der Waals surface area (Å²) in [7, 11) is 0. The lowest BCUT2D eigenvalue weighted by Crippen LogP contribution is -2.47. The Kier molecular flexibility index (Phi) is 7.70. The van der Waals surface area contributed by atoms with Crippen LogP contribution in [0.1, 0.15) is 60.8 Å². The molecule has 7 nitrogen and oxygen atoms in total. The van der Waals surface area contributed by atoms with Crippen molar-refractivity contribution in [3.63, 3.8) is 0 Å². The van der Waals surface area contributed by atoms with Crippen molar-refractivity contribution in [3.8, 4) is 0 Å². The van der Waals surface area contributed by atoms with Crippen molar-refractivity contribution in [1.82, 2.24) is 4.90 Å². The minimum absolute atomic E-state index is 0.0331. The van der Waals surface area contributed by atoms with Gasteiger partial charge in [0.2, 0.25) is 0 Å². The fraction of sp³-hybridized carbons (Fsp3) is 0.833. The molecule has 1 fully saturated rings. The maximum absolute atomic E-state index is 12.2. The number of rotatable bonds is 4. The Labute approximate surface area is 150 Å². The first-order valence-electron chi connectivity index (χ1n) is 8.85. The van der Waals surface area contributed by atoms with E-state index in [1.807, 2.05) is 41.5 Å². The van der Waals surface area contributed by atoms with Gasteiger partial charge >= 0.3 is 18.2 Å². The van der Waals surface area contributed by atoms with E-state index in [4.69, 9.17) is 9.47 Å². The fourth-order valence-corrected chi connectivity index (χ4v) is 2.68. The van der Waals surface area contributed by atoms with Gasteiger partial charge in [0.15, 0.2) is 0 Å². The predicted octanol–water partition coefficient (Wildman–Crippen LogP) is 3.75. The van der Waals surface area contributed by atoms with Gasteiger partial charge < -0.3 is 19.1 Å². The Balaban J connectivity index is 2.40. The standard InChI is InChI=1S/C18H31NO6/c1-12(2)11-23-17(22)24-15(20)10-14-7-8-19(13(3)9-14)16(21)25-18(4,5)6/h12-14H,7-11H2,1-6H3. The molecule has 7 heteroatoms. The van der Waals surface area contributed by atoms with Gasteiger partial charge in [-0.2, -0.15) is 0 Å². The third-order valence-corrected chi connectivity index (χ3v) is 3.80. The number of nitrogens with zero attached hydrogens (tertiary/aromatic N) is 1. The van der Waals surface area contributed by atoms with E-state index in [0.717, 1.165) is 0 Å². The van der Waals surface area contributed by atoms with Crippen LogP contribution in [0.25, 0.3) is 0 Å². The minimum Gasteiger partial charge on any atom is -0.444 e. The average molecular weight is 357 g/mol. The molecular formula is C18H31NO6. The Bertz CT molecular complexity index is 482. The lowest BCUT2D eigenvalue weighted by Gasteiger charge is -2.38. The van der Waals surface area contributed by atoms with Gasteiger partial charge in [0.25, 0.3) is 0 Å². The number of ether oxygens (including phenoxy) is 3. The van der Waals surface area contributed by atoms with Crippen molar-refractivity contribution in [3.05, 3.63) is 0 Å². The molecule has 0 bridgehead atoms. The second-order valence-electron chi connectivity index (χ2n) is 8.05. The minimum atomic E-state index is -0.946. The van der Waals surface area contributed by atoms with Crippen molar-refractivity contribution in [1.29, 1.82) is 0 Å². The van der Waals surface area contributed by atoms with Gasteiger partial charge in [-0.25, -0.2) is 9.59 Å². The molecular weight excluding hydrogens is 326 g/mol. The van der Waals surface area contributed by atoms with Gasteiger partial charge in [-0.15, -0.1) is 0 Å². The van der Waals surface area contributed by atoms with E-state index in [1.165, 1.54) is 0 Å². The van der Waals surface area contributed by atoms with Crippen molar-refractivity contribution in [2.45, 2.75) is 72.4 Å². The van der Waals surface area contributed by atoms with Gasteiger partial charge in [-0.3, -0.25) is 4.79 Å². The van der Waals surface area contributed by atoms with E-state index >= 15 is 0 Å². The van der Waals surface area contributed by atoms with Crippen LogP contribution in [0.4, 0.5) is 9.59 Å². The Morgan fingerprint density at radius 2 is 1.84 bits per heavy atom. The molecule has 1 amide bonds. The van der Waals surface area contributed by atoms with E-state index in [9.17, 15) is 14.4 Å². The first kappa shape index (κ1) is 21.3. The van der Waals surface area contributed by atoms with Crippen LogP contribution in [0.3, 0.4) is 0 Å². The highest BCUT2D eigenvalue weighted by molar-refractivity contribution is 5.81. The molecule has 0 spiro atoms. The van der Waals surface area contributed by atoms with Crippen LogP contribution in [0.15, 0.2) is 0 Å². The third-order valence-electron chi connectivity index (χ3n) is 3.80. The number of hydrogen-bond donors (Lipinski definition) is 0. The lowest BCUT2D eigenvalue weighted by molar-refractivity contribution is -0.141. The van der Waals surface area contributed by atoms with Crippen LogP contribution in [-0.4, -0.2) is 47.9 Å². The summed E-state index contributed by atoms with van der Waals surface area (Å²) in [5.74, 6) is -0.337. The second kappa shape index (κ2) is 9.06. The maximum Gasteiger partial charge on any atom is 0.516 e. The van der Waals surface area contributed by atoms with Crippen LogP contribution in [0.5, 0.6) is 0 Å². The van der Waals surface area contributed by atoms with Gasteiger partial charge in [0.1, 0.15) is 5.60 Å². The topological polar surface area (TPSA) is 82.1 Å². The molecule has 0 radical (unpaired) electrons. The summed E-state index contributed by atoms with van der Waals surface area (Å²) < 4.78 is 14.9. The Morgan fingerprint density at radius 3 is 2.36 bits per heavy atom. The summed E-state index contributed by atoms with van der Waals surface area (Å²) in [5, 5.41) is 0. The smallest absolute Gasteiger partial charge is 0.444 e. The van der Waals surface area contributed by atoms with Crippen molar-refractivity contribution in [2.75, 3.05) is 13.2 Å². The molecule has 0 aromatic heterocycles. The highest BCUT2D eigenvalue weighted by Gasteiger charge is 2.33. The van der Waals surface area contributed by atoms with Crippen LogP contribution in [0, 0.1) is 11.8 Å². The number of esters is 1. The van der Waals surface area contributed by atoms with Gasteiger partial charge in [-0.05, 0) is 52.4 Å². The number of likely N-dealkylation sites (tertiary alicyclic amines) is 1. The van der Waals surface area contributed by atoms with Gasteiger partial charge in [0.05, 0.1) is 6.61 Å². The molecule has 0 aromatic carbocycles. The normalized spacial score (nSPS) is 21.0. The van der Waals surface area contributed by atoms with Crippen LogP contribution in [0.2, 0.25) is 0 Å². The number of carbonyl (C=O) groups excluding carboxylic acids is 3. The molecule has 25 heavy (non-hydrogen) atoms. The molecule has 144 valence electrons. The van der Waals surface area contributed by atoms with E-state index in [0.29, 0.717) is 19.4 Å².